The molecule has 16 heavy (non-hydrogen) atoms. The molecule has 0 radical (unpaired) electrons. The molecule has 1 aliphatic heterocycles. The summed E-state index contributed by atoms with van der Waals surface area (Å²) in [7, 11) is 0. The minimum Gasteiger partial charge on any atom is -0.351 e. The van der Waals surface area contributed by atoms with E-state index in [1.807, 2.05) is 0 Å². The van der Waals surface area contributed by atoms with Crippen LogP contribution >= 0.6 is 15.9 Å². The average molecular weight is 283 g/mol. The van der Waals surface area contributed by atoms with Crippen molar-refractivity contribution in [3.63, 3.8) is 0 Å². The number of carbonyl (C=O) groups is 1. The summed E-state index contributed by atoms with van der Waals surface area (Å²) in [5.41, 5.74) is 6.61. The molecule has 1 aliphatic rings. The van der Waals surface area contributed by atoms with Gasteiger partial charge in [-0.2, -0.15) is 0 Å². The largest absolute Gasteiger partial charge is 0.351 e. The molecule has 0 unspecified atom stereocenters. The molecule has 0 saturated carbocycles. The molecule has 1 fully saturated rings. The molecule has 0 bridgehead atoms. The fraction of sp³-hybridized carbons (Fsp3) is 0.417. The number of likely N-dealkylation sites (tertiary alicyclic amines) is 1. The van der Waals surface area contributed by atoms with Gasteiger partial charge < -0.3 is 10.6 Å². The van der Waals surface area contributed by atoms with Crippen LogP contribution in [0.25, 0.3) is 0 Å². The van der Waals surface area contributed by atoms with Crippen molar-refractivity contribution >= 4 is 22.0 Å². The molecule has 86 valence electrons. The smallest absolute Gasteiger partial charge is 0.314 e. The van der Waals surface area contributed by atoms with E-state index in [1.165, 1.54) is 5.56 Å². The van der Waals surface area contributed by atoms with Crippen LogP contribution in [-0.2, 0) is 0 Å². The van der Waals surface area contributed by atoms with Crippen molar-refractivity contribution in [1.82, 2.24) is 4.90 Å². The van der Waals surface area contributed by atoms with E-state index >= 15 is 0 Å². The molecular weight excluding hydrogens is 268 g/mol. The summed E-state index contributed by atoms with van der Waals surface area (Å²) in [4.78, 5) is 12.7. The summed E-state index contributed by atoms with van der Waals surface area (Å²) in [5, 5.41) is 0. The Morgan fingerprint density at radius 2 is 1.81 bits per heavy atom. The van der Waals surface area contributed by atoms with Crippen LogP contribution in [0.15, 0.2) is 28.7 Å². The molecule has 1 heterocycles. The minimum atomic E-state index is -0.297. The molecule has 0 spiro atoms. The number of urea groups is 1. The van der Waals surface area contributed by atoms with E-state index in [1.54, 1.807) is 4.90 Å². The van der Waals surface area contributed by atoms with Crippen molar-refractivity contribution in [2.24, 2.45) is 5.73 Å². The average Bonchev–Trinajstić information content (AvgIpc) is 2.30. The van der Waals surface area contributed by atoms with E-state index in [9.17, 15) is 4.79 Å². The molecule has 0 aliphatic carbocycles. The lowest BCUT2D eigenvalue weighted by atomic mass is 9.90. The number of hydrogen-bond acceptors (Lipinski definition) is 1. The third kappa shape index (κ3) is 2.55. The summed E-state index contributed by atoms with van der Waals surface area (Å²) < 4.78 is 1.10. The zero-order valence-electron chi connectivity index (χ0n) is 9.03. The Labute approximate surface area is 104 Å². The third-order valence-electron chi connectivity index (χ3n) is 3.15. The lowest BCUT2D eigenvalue weighted by molar-refractivity contribution is 0.190. The van der Waals surface area contributed by atoms with Crippen LogP contribution in [-0.4, -0.2) is 24.0 Å². The standard InChI is InChI=1S/C12H15BrN2O/c13-11-3-1-9(2-4-11)10-5-7-15(8-6-10)12(14)16/h1-4,10H,5-8H2,(H2,14,16). The van der Waals surface area contributed by atoms with E-state index in [4.69, 9.17) is 5.73 Å². The fourth-order valence-corrected chi connectivity index (χ4v) is 2.43. The summed E-state index contributed by atoms with van der Waals surface area (Å²) in [6, 6.07) is 8.13. The van der Waals surface area contributed by atoms with Crippen LogP contribution in [0.4, 0.5) is 4.79 Å². The zero-order chi connectivity index (χ0) is 11.5. The summed E-state index contributed by atoms with van der Waals surface area (Å²) >= 11 is 3.43. The predicted molar refractivity (Wildman–Crippen MR) is 67.3 cm³/mol. The third-order valence-corrected chi connectivity index (χ3v) is 3.68. The van der Waals surface area contributed by atoms with Gasteiger partial charge in [-0.1, -0.05) is 28.1 Å². The first-order valence-electron chi connectivity index (χ1n) is 5.46. The van der Waals surface area contributed by atoms with Gasteiger partial charge >= 0.3 is 6.03 Å². The van der Waals surface area contributed by atoms with E-state index in [-0.39, 0.29) is 6.03 Å². The number of nitrogens with zero attached hydrogens (tertiary/aromatic N) is 1. The molecule has 1 aromatic rings. The molecular formula is C12H15BrN2O. The van der Waals surface area contributed by atoms with Gasteiger partial charge in [-0.15, -0.1) is 0 Å². The molecule has 0 atom stereocenters. The highest BCUT2D eigenvalue weighted by Crippen LogP contribution is 2.28. The maximum atomic E-state index is 11.0. The van der Waals surface area contributed by atoms with Crippen LogP contribution in [0, 0.1) is 0 Å². The Morgan fingerprint density at radius 3 is 2.31 bits per heavy atom. The second-order valence-corrected chi connectivity index (χ2v) is 5.07. The van der Waals surface area contributed by atoms with Crippen LogP contribution in [0.5, 0.6) is 0 Å². The van der Waals surface area contributed by atoms with Crippen LogP contribution in [0.3, 0.4) is 0 Å². The van der Waals surface area contributed by atoms with Gasteiger partial charge in [-0.3, -0.25) is 0 Å². The van der Waals surface area contributed by atoms with Gasteiger partial charge in [0, 0.05) is 17.6 Å². The maximum absolute atomic E-state index is 11.0. The number of benzene rings is 1. The van der Waals surface area contributed by atoms with E-state index < -0.39 is 0 Å². The van der Waals surface area contributed by atoms with Crippen LogP contribution in [0.1, 0.15) is 24.3 Å². The second kappa shape index (κ2) is 4.87. The number of carbonyl (C=O) groups excluding carboxylic acids is 1. The highest BCUT2D eigenvalue weighted by atomic mass is 79.9. The van der Waals surface area contributed by atoms with Gasteiger partial charge in [0.05, 0.1) is 0 Å². The minimum absolute atomic E-state index is 0.297. The van der Waals surface area contributed by atoms with Crippen molar-refractivity contribution in [2.45, 2.75) is 18.8 Å². The van der Waals surface area contributed by atoms with Gasteiger partial charge in [0.15, 0.2) is 0 Å². The zero-order valence-corrected chi connectivity index (χ0v) is 10.6. The normalized spacial score (nSPS) is 17.4. The van der Waals surface area contributed by atoms with Crippen molar-refractivity contribution in [3.05, 3.63) is 34.3 Å². The number of piperidine rings is 1. The number of nitrogens with two attached hydrogens (primary N) is 1. The van der Waals surface area contributed by atoms with Crippen molar-refractivity contribution in [3.8, 4) is 0 Å². The topological polar surface area (TPSA) is 46.3 Å². The number of amides is 2. The van der Waals surface area contributed by atoms with Crippen molar-refractivity contribution in [2.75, 3.05) is 13.1 Å². The van der Waals surface area contributed by atoms with E-state index in [0.717, 1.165) is 30.4 Å². The van der Waals surface area contributed by atoms with Gasteiger partial charge in [0.25, 0.3) is 0 Å². The van der Waals surface area contributed by atoms with Gasteiger partial charge in [-0.05, 0) is 36.5 Å². The predicted octanol–water partition coefficient (Wildman–Crippen LogP) is 2.71. The molecule has 2 rings (SSSR count). The van der Waals surface area contributed by atoms with E-state index in [0.29, 0.717) is 5.92 Å². The molecule has 0 aromatic heterocycles. The van der Waals surface area contributed by atoms with Crippen LogP contribution < -0.4 is 5.73 Å². The first-order valence-corrected chi connectivity index (χ1v) is 6.26. The molecule has 2 amide bonds. The number of halogens is 1. The monoisotopic (exact) mass is 282 g/mol. The molecule has 3 nitrogen and oxygen atoms in total. The number of rotatable bonds is 1. The molecule has 1 saturated heterocycles. The lowest BCUT2D eigenvalue weighted by Gasteiger charge is -2.30. The Balaban J connectivity index is 1.99. The van der Waals surface area contributed by atoms with Crippen molar-refractivity contribution in [1.29, 1.82) is 0 Å². The second-order valence-electron chi connectivity index (χ2n) is 4.15. The first kappa shape index (κ1) is 11.5. The lowest BCUT2D eigenvalue weighted by Crippen LogP contribution is -2.41. The Kier molecular flexibility index (Phi) is 3.49. The number of primary amides is 1. The summed E-state index contributed by atoms with van der Waals surface area (Å²) in [5.74, 6) is 0.559. The molecule has 4 heteroatoms. The van der Waals surface area contributed by atoms with Crippen molar-refractivity contribution < 1.29 is 4.79 Å². The Hall–Kier alpha value is -1.03. The van der Waals surface area contributed by atoms with E-state index in [2.05, 4.69) is 40.2 Å². The van der Waals surface area contributed by atoms with Gasteiger partial charge in [-0.25, -0.2) is 4.79 Å². The SMILES string of the molecule is NC(=O)N1CCC(c2ccc(Br)cc2)CC1. The first-order chi connectivity index (χ1) is 7.66. The van der Waals surface area contributed by atoms with Gasteiger partial charge in [0.1, 0.15) is 0 Å². The van der Waals surface area contributed by atoms with Gasteiger partial charge in [0.2, 0.25) is 0 Å². The highest BCUT2D eigenvalue weighted by molar-refractivity contribution is 9.10. The summed E-state index contributed by atoms with van der Waals surface area (Å²) in [6.45, 7) is 1.55. The Bertz CT molecular complexity index is 369. The molecule has 1 aromatic carbocycles. The van der Waals surface area contributed by atoms with Crippen LogP contribution in [0.2, 0.25) is 0 Å². The summed E-state index contributed by atoms with van der Waals surface area (Å²) in [6.07, 6.45) is 2.01. The number of hydrogen-bond donors (Lipinski definition) is 1. The molecule has 2 N–H and O–H groups in total. The Morgan fingerprint density at radius 1 is 1.25 bits per heavy atom. The maximum Gasteiger partial charge on any atom is 0.314 e. The quantitative estimate of drug-likeness (QED) is 0.846. The highest BCUT2D eigenvalue weighted by Gasteiger charge is 2.22. The fourth-order valence-electron chi connectivity index (χ4n) is 2.17.